The highest BCUT2D eigenvalue weighted by Gasteiger charge is 2.50. The van der Waals surface area contributed by atoms with Crippen LogP contribution < -0.4 is 10.4 Å². The number of hydrogen-bond donors (Lipinski definition) is 0. The summed E-state index contributed by atoms with van der Waals surface area (Å²) >= 11 is 0. The Kier molecular flexibility index (Phi) is 6.53. The van der Waals surface area contributed by atoms with Gasteiger partial charge in [0.25, 0.3) is 8.32 Å². The largest absolute Gasteiger partial charge is 0.513 e. The highest BCUT2D eigenvalue weighted by Crippen LogP contribution is 2.38. The Morgan fingerprint density at radius 2 is 1.53 bits per heavy atom. The average molecular weight is 425 g/mol. The Hall–Kier alpha value is -2.37. The molecule has 160 valence electrons. The van der Waals surface area contributed by atoms with Crippen LogP contribution in [0.25, 0.3) is 0 Å². The monoisotopic (exact) mass is 424 g/mol. The van der Waals surface area contributed by atoms with Gasteiger partial charge in [0.15, 0.2) is 0 Å². The minimum absolute atomic E-state index is 0.00810. The first kappa shape index (κ1) is 22.3. The molecule has 2 aromatic carbocycles. The quantitative estimate of drug-likeness (QED) is 0.489. The van der Waals surface area contributed by atoms with Gasteiger partial charge in [-0.15, -0.1) is 0 Å². The first-order valence-corrected chi connectivity index (χ1v) is 12.4. The summed E-state index contributed by atoms with van der Waals surface area (Å²) in [6.07, 6.45) is -1.00. The van der Waals surface area contributed by atoms with Gasteiger partial charge in [-0.25, -0.2) is 4.79 Å². The molecular weight excluding hydrogens is 392 g/mol. The van der Waals surface area contributed by atoms with E-state index in [1.54, 1.807) is 0 Å². The second-order valence-electron chi connectivity index (χ2n) is 9.14. The van der Waals surface area contributed by atoms with E-state index < -0.39 is 14.5 Å². The lowest BCUT2D eigenvalue weighted by molar-refractivity contribution is -0.0505. The Balaban J connectivity index is 1.97. The van der Waals surface area contributed by atoms with Crippen molar-refractivity contribution in [3.63, 3.8) is 0 Å². The molecule has 0 saturated carbocycles. The molecule has 1 saturated heterocycles. The van der Waals surface area contributed by atoms with Gasteiger partial charge in [-0.3, -0.25) is 0 Å². The van der Waals surface area contributed by atoms with E-state index in [2.05, 4.69) is 82.8 Å². The predicted octanol–water partition coefficient (Wildman–Crippen LogP) is 4.88. The van der Waals surface area contributed by atoms with E-state index in [0.717, 1.165) is 0 Å². The molecule has 0 aromatic heterocycles. The lowest BCUT2D eigenvalue weighted by atomic mass is 9.92. The number of cyclic esters (lactones) is 2. The van der Waals surface area contributed by atoms with E-state index in [4.69, 9.17) is 13.9 Å². The van der Waals surface area contributed by atoms with Crippen LogP contribution in [0.15, 0.2) is 73.0 Å². The predicted molar refractivity (Wildman–Crippen MR) is 122 cm³/mol. The summed E-state index contributed by atoms with van der Waals surface area (Å²) in [5.74, 6) is 0.361. The SMILES string of the molecule is C=C1OC(=O)O[C@H]([C@@H](C)CO[Si](c2ccccc2)(c2ccccc2)C(C)(C)C)[C@H]1C. The molecule has 1 aliphatic rings. The number of ether oxygens (including phenoxy) is 2. The van der Waals surface area contributed by atoms with E-state index in [-0.39, 0.29) is 23.0 Å². The molecule has 30 heavy (non-hydrogen) atoms. The fraction of sp³-hybridized carbons (Fsp3) is 0.400. The lowest BCUT2D eigenvalue weighted by Gasteiger charge is -2.44. The van der Waals surface area contributed by atoms with Crippen LogP contribution in [0.4, 0.5) is 4.79 Å². The van der Waals surface area contributed by atoms with Crippen molar-refractivity contribution in [2.24, 2.45) is 11.8 Å². The fourth-order valence-corrected chi connectivity index (χ4v) is 9.01. The molecule has 1 fully saturated rings. The van der Waals surface area contributed by atoms with Crippen LogP contribution in [0.2, 0.25) is 5.04 Å². The molecule has 0 aliphatic carbocycles. The van der Waals surface area contributed by atoms with E-state index >= 15 is 0 Å². The molecule has 0 spiro atoms. The van der Waals surface area contributed by atoms with Crippen LogP contribution in [-0.2, 0) is 13.9 Å². The third-order valence-electron chi connectivity index (χ3n) is 5.99. The molecule has 4 nitrogen and oxygen atoms in total. The van der Waals surface area contributed by atoms with E-state index in [1.165, 1.54) is 10.4 Å². The molecule has 0 N–H and O–H groups in total. The number of carbonyl (C=O) groups excluding carboxylic acids is 1. The second kappa shape index (κ2) is 8.78. The summed E-state index contributed by atoms with van der Waals surface area (Å²) in [6.45, 7) is 15.1. The normalized spacial score (nSPS) is 21.0. The maximum atomic E-state index is 11.8. The molecule has 1 aliphatic heterocycles. The van der Waals surface area contributed by atoms with Crippen LogP contribution in [0.1, 0.15) is 34.6 Å². The smallest absolute Gasteiger partial charge is 0.430 e. The minimum atomic E-state index is -2.63. The number of hydrogen-bond acceptors (Lipinski definition) is 4. The molecule has 0 unspecified atom stereocenters. The van der Waals surface area contributed by atoms with Gasteiger partial charge < -0.3 is 13.9 Å². The topological polar surface area (TPSA) is 44.8 Å². The molecule has 2 aromatic rings. The standard InChI is InChI=1S/C25H32O4Si/c1-18(23-19(2)20(3)28-24(26)29-23)17-27-30(25(4,5)6,21-13-9-7-10-14-21)22-15-11-8-12-16-22/h7-16,18-19,23H,3,17H2,1-2,4-6H3/t18-,19-,23+/m0/s1. The summed E-state index contributed by atoms with van der Waals surface area (Å²) in [6, 6.07) is 21.1. The van der Waals surface area contributed by atoms with Crippen LogP contribution in [-0.4, -0.2) is 27.2 Å². The maximum absolute atomic E-state index is 11.8. The van der Waals surface area contributed by atoms with Gasteiger partial charge in [-0.2, -0.15) is 0 Å². The van der Waals surface area contributed by atoms with E-state index in [0.29, 0.717) is 12.4 Å². The van der Waals surface area contributed by atoms with Crippen LogP contribution in [0.5, 0.6) is 0 Å². The van der Waals surface area contributed by atoms with Gasteiger partial charge in [0.1, 0.15) is 11.9 Å². The molecule has 1 heterocycles. The molecule has 0 bridgehead atoms. The maximum Gasteiger partial charge on any atom is 0.513 e. The second-order valence-corrected chi connectivity index (χ2v) is 13.4. The first-order chi connectivity index (χ1) is 14.2. The summed E-state index contributed by atoms with van der Waals surface area (Å²) in [5, 5.41) is 2.37. The molecular formula is C25H32O4Si. The zero-order valence-electron chi connectivity index (χ0n) is 18.6. The number of rotatable bonds is 6. The van der Waals surface area contributed by atoms with Gasteiger partial charge in [0, 0.05) is 12.5 Å². The van der Waals surface area contributed by atoms with Crippen molar-refractivity contribution < 1.29 is 18.7 Å². The van der Waals surface area contributed by atoms with Gasteiger partial charge in [-0.05, 0) is 15.4 Å². The molecule has 0 radical (unpaired) electrons. The van der Waals surface area contributed by atoms with Crippen molar-refractivity contribution in [3.05, 3.63) is 73.0 Å². The number of carbonyl (C=O) groups is 1. The van der Waals surface area contributed by atoms with Crippen LogP contribution in [0, 0.1) is 11.8 Å². The Morgan fingerprint density at radius 1 is 1.03 bits per heavy atom. The minimum Gasteiger partial charge on any atom is -0.430 e. The third-order valence-corrected chi connectivity index (χ3v) is 11.0. The van der Waals surface area contributed by atoms with Crippen molar-refractivity contribution in [2.45, 2.75) is 45.8 Å². The van der Waals surface area contributed by atoms with Crippen molar-refractivity contribution in [2.75, 3.05) is 6.61 Å². The van der Waals surface area contributed by atoms with Crippen LogP contribution in [0.3, 0.4) is 0 Å². The van der Waals surface area contributed by atoms with Crippen molar-refractivity contribution in [1.29, 1.82) is 0 Å². The summed E-state index contributed by atoms with van der Waals surface area (Å²) < 4.78 is 17.5. The van der Waals surface area contributed by atoms with Crippen LogP contribution >= 0.6 is 0 Å². The molecule has 3 atom stereocenters. The Bertz CT molecular complexity index is 834. The highest BCUT2D eigenvalue weighted by atomic mass is 28.4. The molecule has 0 amide bonds. The average Bonchev–Trinajstić information content (AvgIpc) is 2.71. The zero-order valence-corrected chi connectivity index (χ0v) is 19.6. The highest BCUT2D eigenvalue weighted by molar-refractivity contribution is 6.99. The lowest BCUT2D eigenvalue weighted by Crippen LogP contribution is -2.67. The van der Waals surface area contributed by atoms with Gasteiger partial charge in [0.2, 0.25) is 0 Å². The summed E-state index contributed by atoms with van der Waals surface area (Å²) in [7, 11) is -2.63. The first-order valence-electron chi connectivity index (χ1n) is 10.5. The molecule has 5 heteroatoms. The summed E-state index contributed by atoms with van der Waals surface area (Å²) in [4.78, 5) is 11.8. The Morgan fingerprint density at radius 3 is 2.00 bits per heavy atom. The number of benzene rings is 2. The Labute approximate surface area is 181 Å². The molecule has 3 rings (SSSR count). The van der Waals surface area contributed by atoms with E-state index in [1.807, 2.05) is 19.1 Å². The van der Waals surface area contributed by atoms with Crippen molar-refractivity contribution in [1.82, 2.24) is 0 Å². The summed E-state index contributed by atoms with van der Waals surface area (Å²) in [5.41, 5.74) is 0. The van der Waals surface area contributed by atoms with E-state index in [9.17, 15) is 4.79 Å². The van der Waals surface area contributed by atoms with Gasteiger partial charge >= 0.3 is 6.16 Å². The van der Waals surface area contributed by atoms with Gasteiger partial charge in [-0.1, -0.05) is 102 Å². The van der Waals surface area contributed by atoms with Gasteiger partial charge in [0.05, 0.1) is 5.92 Å². The zero-order chi connectivity index (χ0) is 21.9. The third kappa shape index (κ3) is 4.23. The van der Waals surface area contributed by atoms with Crippen molar-refractivity contribution in [3.8, 4) is 0 Å². The fourth-order valence-electron chi connectivity index (χ4n) is 4.34. The van der Waals surface area contributed by atoms with Crippen molar-refractivity contribution >= 4 is 24.8 Å².